The molecule has 0 aliphatic rings. The molecule has 0 bridgehead atoms. The van der Waals surface area contributed by atoms with E-state index in [1.54, 1.807) is 6.07 Å². The van der Waals surface area contributed by atoms with Crippen LogP contribution in [0.1, 0.15) is 18.9 Å². The lowest BCUT2D eigenvalue weighted by Gasteiger charge is -2.19. The summed E-state index contributed by atoms with van der Waals surface area (Å²) in [7, 11) is 4.18. The number of aromatic hydroxyl groups is 1. The van der Waals surface area contributed by atoms with Gasteiger partial charge in [-0.1, -0.05) is 12.1 Å². The molecular formula is C12H20ClNO. The molecule has 0 aliphatic carbocycles. The Kier molecular flexibility index (Phi) is 6.37. The van der Waals surface area contributed by atoms with Gasteiger partial charge in [-0.2, -0.15) is 0 Å². The van der Waals surface area contributed by atoms with E-state index in [4.69, 9.17) is 0 Å². The summed E-state index contributed by atoms with van der Waals surface area (Å²) < 4.78 is 0. The summed E-state index contributed by atoms with van der Waals surface area (Å²) in [4.78, 5) is 2.21. The lowest BCUT2D eigenvalue weighted by atomic mass is 10.1. The Bertz CT molecular complexity index is 289. The molecule has 1 unspecified atom stereocenters. The van der Waals surface area contributed by atoms with Crippen molar-refractivity contribution in [2.24, 2.45) is 0 Å². The molecule has 0 aromatic heterocycles. The average Bonchev–Trinajstić information content (AvgIpc) is 2.14. The highest BCUT2D eigenvalue weighted by Gasteiger charge is 2.04. The first kappa shape index (κ1) is 14.3. The minimum absolute atomic E-state index is 0. The Balaban J connectivity index is 0.00000196. The van der Waals surface area contributed by atoms with Gasteiger partial charge in [-0.05, 0) is 51.6 Å². The maximum Gasteiger partial charge on any atom is 0.115 e. The molecule has 1 aromatic rings. The number of aryl methyl sites for hydroxylation is 1. The summed E-state index contributed by atoms with van der Waals surface area (Å²) in [6.45, 7) is 2.21. The molecule has 1 rings (SSSR count). The van der Waals surface area contributed by atoms with Crippen LogP contribution in [0.4, 0.5) is 0 Å². The zero-order valence-corrected chi connectivity index (χ0v) is 10.4. The number of phenols is 1. The molecule has 0 amide bonds. The number of phenolic OH excluding ortho intramolecular Hbond substituents is 1. The van der Waals surface area contributed by atoms with Crippen molar-refractivity contribution in [2.45, 2.75) is 25.8 Å². The molecule has 0 saturated carbocycles. The Morgan fingerprint density at radius 2 is 2.00 bits per heavy atom. The summed E-state index contributed by atoms with van der Waals surface area (Å²) in [6.07, 6.45) is 2.14. The summed E-state index contributed by atoms with van der Waals surface area (Å²) >= 11 is 0. The molecule has 0 fully saturated rings. The van der Waals surface area contributed by atoms with Gasteiger partial charge in [0.2, 0.25) is 0 Å². The summed E-state index contributed by atoms with van der Waals surface area (Å²) in [5.41, 5.74) is 1.21. The molecule has 86 valence electrons. The fraction of sp³-hybridized carbons (Fsp3) is 0.500. The minimum atomic E-state index is 0. The van der Waals surface area contributed by atoms with E-state index < -0.39 is 0 Å². The van der Waals surface area contributed by atoms with E-state index in [1.807, 2.05) is 12.1 Å². The first-order chi connectivity index (χ1) is 6.59. The SMILES string of the molecule is CC(CCc1cccc(O)c1)N(C)C.Cl. The van der Waals surface area contributed by atoms with E-state index in [0.717, 1.165) is 12.8 Å². The van der Waals surface area contributed by atoms with Gasteiger partial charge in [0.1, 0.15) is 5.75 Å². The Morgan fingerprint density at radius 1 is 1.33 bits per heavy atom. The molecule has 1 atom stereocenters. The van der Waals surface area contributed by atoms with E-state index in [2.05, 4.69) is 32.0 Å². The second-order valence-corrected chi connectivity index (χ2v) is 4.02. The van der Waals surface area contributed by atoms with Gasteiger partial charge >= 0.3 is 0 Å². The van der Waals surface area contributed by atoms with Crippen LogP contribution in [0.25, 0.3) is 0 Å². The van der Waals surface area contributed by atoms with Crippen molar-refractivity contribution in [3.63, 3.8) is 0 Å². The Hall–Kier alpha value is -0.730. The smallest absolute Gasteiger partial charge is 0.115 e. The van der Waals surface area contributed by atoms with Crippen LogP contribution in [0.15, 0.2) is 24.3 Å². The van der Waals surface area contributed by atoms with Crippen molar-refractivity contribution in [2.75, 3.05) is 14.1 Å². The van der Waals surface area contributed by atoms with Gasteiger partial charge in [0.15, 0.2) is 0 Å². The molecular weight excluding hydrogens is 210 g/mol. The number of rotatable bonds is 4. The zero-order valence-electron chi connectivity index (χ0n) is 9.60. The maximum atomic E-state index is 9.28. The number of hydrogen-bond acceptors (Lipinski definition) is 2. The lowest BCUT2D eigenvalue weighted by molar-refractivity contribution is 0.299. The van der Waals surface area contributed by atoms with Crippen LogP contribution in [-0.4, -0.2) is 30.1 Å². The summed E-state index contributed by atoms with van der Waals surface area (Å²) in [6, 6.07) is 8.08. The summed E-state index contributed by atoms with van der Waals surface area (Å²) in [5, 5.41) is 9.28. The molecule has 1 aromatic carbocycles. The predicted octanol–water partition coefficient (Wildman–Crippen LogP) is 2.70. The summed E-state index contributed by atoms with van der Waals surface area (Å²) in [5.74, 6) is 0.361. The molecule has 1 N–H and O–H groups in total. The van der Waals surface area contributed by atoms with Gasteiger partial charge in [-0.25, -0.2) is 0 Å². The molecule has 15 heavy (non-hydrogen) atoms. The van der Waals surface area contributed by atoms with Gasteiger partial charge in [0.05, 0.1) is 0 Å². The van der Waals surface area contributed by atoms with Crippen molar-refractivity contribution in [3.05, 3.63) is 29.8 Å². The fourth-order valence-electron chi connectivity index (χ4n) is 1.35. The number of nitrogens with zero attached hydrogens (tertiary/aromatic N) is 1. The highest BCUT2D eigenvalue weighted by atomic mass is 35.5. The molecule has 0 aliphatic heterocycles. The van der Waals surface area contributed by atoms with E-state index >= 15 is 0 Å². The van der Waals surface area contributed by atoms with Crippen molar-refractivity contribution in [1.29, 1.82) is 0 Å². The largest absolute Gasteiger partial charge is 0.508 e. The van der Waals surface area contributed by atoms with Gasteiger partial charge in [0.25, 0.3) is 0 Å². The lowest BCUT2D eigenvalue weighted by Crippen LogP contribution is -2.24. The Morgan fingerprint density at radius 3 is 2.53 bits per heavy atom. The first-order valence-electron chi connectivity index (χ1n) is 5.04. The van der Waals surface area contributed by atoms with Crippen LogP contribution in [-0.2, 0) is 6.42 Å². The zero-order chi connectivity index (χ0) is 10.6. The fourth-order valence-corrected chi connectivity index (χ4v) is 1.35. The van der Waals surface area contributed by atoms with Crippen molar-refractivity contribution >= 4 is 12.4 Å². The standard InChI is InChI=1S/C12H19NO.ClH/c1-10(13(2)3)7-8-11-5-4-6-12(14)9-11;/h4-6,9-10,14H,7-8H2,1-3H3;1H. The molecule has 0 heterocycles. The second kappa shape index (κ2) is 6.70. The minimum Gasteiger partial charge on any atom is -0.508 e. The number of halogens is 1. The highest BCUT2D eigenvalue weighted by Crippen LogP contribution is 2.13. The topological polar surface area (TPSA) is 23.5 Å². The quantitative estimate of drug-likeness (QED) is 0.858. The third-order valence-corrected chi connectivity index (χ3v) is 2.64. The van der Waals surface area contributed by atoms with Gasteiger partial charge in [0, 0.05) is 6.04 Å². The van der Waals surface area contributed by atoms with Crippen molar-refractivity contribution in [3.8, 4) is 5.75 Å². The normalized spacial score (nSPS) is 12.3. The van der Waals surface area contributed by atoms with Crippen molar-refractivity contribution in [1.82, 2.24) is 4.90 Å². The van der Waals surface area contributed by atoms with Gasteiger partial charge in [-0.3, -0.25) is 0 Å². The van der Waals surface area contributed by atoms with E-state index in [0.29, 0.717) is 11.8 Å². The number of hydrogen-bond donors (Lipinski definition) is 1. The van der Waals surface area contributed by atoms with Crippen LogP contribution in [0.3, 0.4) is 0 Å². The van der Waals surface area contributed by atoms with E-state index in [-0.39, 0.29) is 12.4 Å². The van der Waals surface area contributed by atoms with Crippen LogP contribution in [0.5, 0.6) is 5.75 Å². The first-order valence-corrected chi connectivity index (χ1v) is 5.04. The third-order valence-electron chi connectivity index (χ3n) is 2.64. The van der Waals surface area contributed by atoms with E-state index in [1.165, 1.54) is 5.56 Å². The highest BCUT2D eigenvalue weighted by molar-refractivity contribution is 5.85. The van der Waals surface area contributed by atoms with E-state index in [9.17, 15) is 5.11 Å². The van der Waals surface area contributed by atoms with Crippen LogP contribution in [0.2, 0.25) is 0 Å². The van der Waals surface area contributed by atoms with Gasteiger partial charge < -0.3 is 10.0 Å². The Labute approximate surface area is 98.3 Å². The third kappa shape index (κ3) is 5.05. The molecule has 0 spiro atoms. The molecule has 0 radical (unpaired) electrons. The average molecular weight is 230 g/mol. The van der Waals surface area contributed by atoms with Crippen LogP contribution < -0.4 is 0 Å². The maximum absolute atomic E-state index is 9.28. The van der Waals surface area contributed by atoms with Gasteiger partial charge in [-0.15, -0.1) is 12.4 Å². The molecule has 3 heteroatoms. The van der Waals surface area contributed by atoms with Crippen LogP contribution in [0, 0.1) is 0 Å². The second-order valence-electron chi connectivity index (χ2n) is 4.02. The predicted molar refractivity (Wildman–Crippen MR) is 66.8 cm³/mol. The van der Waals surface area contributed by atoms with Crippen molar-refractivity contribution < 1.29 is 5.11 Å². The molecule has 0 saturated heterocycles. The monoisotopic (exact) mass is 229 g/mol. The number of benzene rings is 1. The molecule has 2 nitrogen and oxygen atoms in total. The van der Waals surface area contributed by atoms with Crippen LogP contribution >= 0.6 is 12.4 Å².